The molecule has 0 spiro atoms. The third-order valence-electron chi connectivity index (χ3n) is 7.57. The Hall–Kier alpha value is -2.93. The number of aliphatic carboxylic acids is 1. The molecule has 1 aliphatic heterocycles. The first-order valence-electron chi connectivity index (χ1n) is 13.3. The van der Waals surface area contributed by atoms with Gasteiger partial charge in [-0.15, -0.1) is 0 Å². The second kappa shape index (κ2) is 11.6. The Morgan fingerprint density at radius 1 is 1.16 bits per heavy atom. The fourth-order valence-corrected chi connectivity index (χ4v) is 6.01. The van der Waals surface area contributed by atoms with Crippen LogP contribution in [0.5, 0.6) is 0 Å². The minimum absolute atomic E-state index is 0.0619. The number of carboxylic acid groups (broad SMARTS) is 1. The number of amides is 1. The van der Waals surface area contributed by atoms with Crippen LogP contribution in [0.4, 0.5) is 11.4 Å². The van der Waals surface area contributed by atoms with E-state index >= 15 is 0 Å². The molecule has 1 N–H and O–H groups in total. The van der Waals surface area contributed by atoms with Gasteiger partial charge in [0.05, 0.1) is 11.4 Å². The molecule has 1 saturated carbocycles. The summed E-state index contributed by atoms with van der Waals surface area (Å²) in [6.07, 6.45) is 7.57. The average Bonchev–Trinajstić information content (AvgIpc) is 3.45. The number of benzene rings is 2. The van der Waals surface area contributed by atoms with Crippen LogP contribution in [0, 0.1) is 0 Å². The van der Waals surface area contributed by atoms with Crippen molar-refractivity contribution in [3.05, 3.63) is 58.7 Å². The minimum Gasteiger partial charge on any atom is -0.481 e. The number of carbonyl (C=O) groups excluding carboxylic acids is 1. The topological polar surface area (TPSA) is 60.9 Å². The predicted octanol–water partition coefficient (Wildman–Crippen LogP) is 5.66. The van der Waals surface area contributed by atoms with Crippen LogP contribution in [0.25, 0.3) is 6.08 Å². The minimum atomic E-state index is -0.957. The first kappa shape index (κ1) is 27.1. The smallest absolute Gasteiger partial charge is 0.305 e. The summed E-state index contributed by atoms with van der Waals surface area (Å²) < 4.78 is 0. The quantitative estimate of drug-likeness (QED) is 0.266. The van der Waals surface area contributed by atoms with E-state index in [0.29, 0.717) is 28.9 Å². The molecule has 0 saturated heterocycles. The Labute approximate surface area is 227 Å². The summed E-state index contributed by atoms with van der Waals surface area (Å²) in [6, 6.07) is 13.3. The number of nitrogens with zero attached hydrogens (tertiary/aromatic N) is 2. The van der Waals surface area contributed by atoms with E-state index in [1.165, 1.54) is 28.1 Å². The molecule has 2 aromatic carbocycles. The Morgan fingerprint density at radius 3 is 2.51 bits per heavy atom. The Kier molecular flexibility index (Phi) is 8.53. The first-order valence-corrected chi connectivity index (χ1v) is 13.7. The van der Waals surface area contributed by atoms with Crippen LogP contribution in [-0.4, -0.2) is 47.3 Å². The molecule has 4 rings (SSSR count). The summed E-state index contributed by atoms with van der Waals surface area (Å²) in [5.74, 6) is -0.773. The van der Waals surface area contributed by atoms with E-state index < -0.39 is 5.97 Å². The molecule has 1 aliphatic carbocycles. The van der Waals surface area contributed by atoms with E-state index in [1.54, 1.807) is 6.92 Å². The van der Waals surface area contributed by atoms with Crippen LogP contribution < -0.4 is 10.4 Å². The maximum absolute atomic E-state index is 13.4. The van der Waals surface area contributed by atoms with Crippen molar-refractivity contribution >= 4 is 59.8 Å². The zero-order chi connectivity index (χ0) is 26.7. The molecular weight excluding hydrogens is 479 g/mol. The lowest BCUT2D eigenvalue weighted by Crippen LogP contribution is -2.37. The number of fused-ring (bicyclic) bond motifs is 3. The van der Waals surface area contributed by atoms with Crippen LogP contribution in [0.1, 0.15) is 81.9 Å². The molecular formula is C30H35BN2O3S. The summed E-state index contributed by atoms with van der Waals surface area (Å²) in [4.78, 5) is 28.7. The Bertz CT molecular complexity index is 1220. The van der Waals surface area contributed by atoms with Gasteiger partial charge in [-0.2, -0.15) is 0 Å². The Morgan fingerprint density at radius 2 is 1.89 bits per heavy atom. The molecule has 192 valence electrons. The lowest BCUT2D eigenvalue weighted by molar-refractivity contribution is -0.137. The summed E-state index contributed by atoms with van der Waals surface area (Å²) >= 11 is 5.28. The van der Waals surface area contributed by atoms with E-state index in [9.17, 15) is 9.59 Å². The molecule has 2 unspecified atom stereocenters. The molecule has 1 amide bonds. The number of rotatable bonds is 9. The van der Waals surface area contributed by atoms with Crippen LogP contribution in [0.3, 0.4) is 0 Å². The van der Waals surface area contributed by atoms with E-state index in [-0.39, 0.29) is 18.9 Å². The predicted molar refractivity (Wildman–Crippen MR) is 155 cm³/mol. The highest BCUT2D eigenvalue weighted by Crippen LogP contribution is 2.51. The van der Waals surface area contributed by atoms with Crippen LogP contribution in [-0.2, 0) is 16.0 Å². The second-order valence-corrected chi connectivity index (χ2v) is 10.7. The standard InChI is InChI=1S/C30H35BN2O3S/c1-4-7-22(30(36)32(19(3)37)15-14-28(34)35)16-21-17-25-24-8-6-9-27(24)33(29(25)26(31)18-21)23-12-10-20(5-2)11-13-23/h10-13,16-18,24,27H,4-9,14-15H2,1-3H3,(H,34,35)/b22-16-. The lowest BCUT2D eigenvalue weighted by atomic mass is 9.86. The van der Waals surface area contributed by atoms with Gasteiger partial charge in [0.2, 0.25) is 0 Å². The highest BCUT2D eigenvalue weighted by molar-refractivity contribution is 7.80. The van der Waals surface area contributed by atoms with Gasteiger partial charge >= 0.3 is 5.97 Å². The van der Waals surface area contributed by atoms with Gasteiger partial charge in [-0.05, 0) is 73.6 Å². The largest absolute Gasteiger partial charge is 0.481 e. The fraction of sp³-hybridized carbons (Fsp3) is 0.433. The van der Waals surface area contributed by atoms with Crippen LogP contribution in [0.2, 0.25) is 0 Å². The normalized spacial score (nSPS) is 18.5. The molecule has 2 aromatic rings. The second-order valence-electron chi connectivity index (χ2n) is 10.1. The van der Waals surface area contributed by atoms with E-state index in [4.69, 9.17) is 25.2 Å². The molecule has 2 atom stereocenters. The highest BCUT2D eigenvalue weighted by Gasteiger charge is 2.42. The van der Waals surface area contributed by atoms with Crippen LogP contribution in [0.15, 0.2) is 42.0 Å². The van der Waals surface area contributed by atoms with Crippen molar-refractivity contribution in [2.45, 2.75) is 77.7 Å². The van der Waals surface area contributed by atoms with E-state index in [2.05, 4.69) is 42.2 Å². The molecule has 7 heteroatoms. The van der Waals surface area contributed by atoms with Gasteiger partial charge in [-0.1, -0.05) is 62.6 Å². The van der Waals surface area contributed by atoms with Gasteiger partial charge in [0.1, 0.15) is 7.85 Å². The van der Waals surface area contributed by atoms with Gasteiger partial charge in [-0.25, -0.2) is 0 Å². The third kappa shape index (κ3) is 5.67. The van der Waals surface area contributed by atoms with Gasteiger partial charge in [-0.3, -0.25) is 9.59 Å². The van der Waals surface area contributed by atoms with Gasteiger partial charge < -0.3 is 14.9 Å². The number of hydrogen-bond donors (Lipinski definition) is 1. The first-order chi connectivity index (χ1) is 17.7. The highest BCUT2D eigenvalue weighted by atomic mass is 32.1. The van der Waals surface area contributed by atoms with Gasteiger partial charge in [0, 0.05) is 35.5 Å². The monoisotopic (exact) mass is 514 g/mol. The van der Waals surface area contributed by atoms with Crippen molar-refractivity contribution in [2.75, 3.05) is 11.4 Å². The molecule has 2 aliphatic rings. The van der Waals surface area contributed by atoms with Crippen molar-refractivity contribution in [2.24, 2.45) is 0 Å². The van der Waals surface area contributed by atoms with Gasteiger partial charge in [0.25, 0.3) is 5.91 Å². The molecule has 0 aromatic heterocycles. The molecule has 5 nitrogen and oxygen atoms in total. The number of carboxylic acids is 1. The molecule has 1 heterocycles. The number of aryl methyl sites for hydroxylation is 1. The summed E-state index contributed by atoms with van der Waals surface area (Å²) in [5, 5.41) is 9.11. The van der Waals surface area contributed by atoms with Crippen molar-refractivity contribution in [1.82, 2.24) is 4.90 Å². The van der Waals surface area contributed by atoms with Crippen molar-refractivity contribution in [3.8, 4) is 0 Å². The number of thiocarbonyl (C=S) groups is 1. The maximum atomic E-state index is 13.4. The number of carbonyl (C=O) groups is 2. The Balaban J connectivity index is 1.72. The van der Waals surface area contributed by atoms with Crippen molar-refractivity contribution < 1.29 is 14.7 Å². The molecule has 1 fully saturated rings. The molecule has 2 radical (unpaired) electrons. The maximum Gasteiger partial charge on any atom is 0.305 e. The van der Waals surface area contributed by atoms with E-state index in [0.717, 1.165) is 42.4 Å². The SMILES string of the molecule is [B]c1cc(/C=C(/CCC)C(=O)N(CCC(=O)O)C(C)=S)cc2c1N(c1ccc(CC)cc1)C1CCCC21. The molecule has 37 heavy (non-hydrogen) atoms. The summed E-state index contributed by atoms with van der Waals surface area (Å²) in [7, 11) is 6.72. The number of anilines is 2. The number of hydrogen-bond acceptors (Lipinski definition) is 4. The summed E-state index contributed by atoms with van der Waals surface area (Å²) in [5.41, 5.74) is 7.08. The van der Waals surface area contributed by atoms with Gasteiger partial charge in [0.15, 0.2) is 0 Å². The molecule has 0 bridgehead atoms. The fourth-order valence-electron chi connectivity index (χ4n) is 5.83. The zero-order valence-corrected chi connectivity index (χ0v) is 22.8. The van der Waals surface area contributed by atoms with Crippen molar-refractivity contribution in [1.29, 1.82) is 0 Å². The third-order valence-corrected chi connectivity index (χ3v) is 7.80. The summed E-state index contributed by atoms with van der Waals surface area (Å²) in [6.45, 7) is 5.91. The zero-order valence-electron chi connectivity index (χ0n) is 22.0. The van der Waals surface area contributed by atoms with E-state index in [1.807, 2.05) is 19.1 Å². The average molecular weight is 515 g/mol. The van der Waals surface area contributed by atoms with Crippen molar-refractivity contribution in [3.63, 3.8) is 0 Å². The lowest BCUT2D eigenvalue weighted by Gasteiger charge is -2.28. The van der Waals surface area contributed by atoms with Crippen LogP contribution >= 0.6 is 12.2 Å².